The molecule has 0 saturated heterocycles. The molecule has 0 aliphatic carbocycles. The molecule has 14 heavy (non-hydrogen) atoms. The minimum Gasteiger partial charge on any atom is -0.507 e. The largest absolute Gasteiger partial charge is 0.507 e. The van der Waals surface area contributed by atoms with Gasteiger partial charge in [-0.05, 0) is 15.9 Å². The van der Waals surface area contributed by atoms with Crippen molar-refractivity contribution >= 4 is 22.0 Å². The first-order chi connectivity index (χ1) is 6.57. The molecular weight excluding hydrogens is 256 g/mol. The Bertz CT molecular complexity index is 380. The standard InChI is InChI=1S/C9H8BrF2NO/c10-8-7(14)4-6(11)5(9(8)12)2-1-3-13/h1-2,4,14H,3,13H2/b2-1+. The molecule has 0 fully saturated rings. The first-order valence-corrected chi connectivity index (χ1v) is 4.60. The molecule has 0 saturated carbocycles. The van der Waals surface area contributed by atoms with Gasteiger partial charge in [-0.25, -0.2) is 8.78 Å². The summed E-state index contributed by atoms with van der Waals surface area (Å²) in [5, 5.41) is 9.06. The van der Waals surface area contributed by atoms with Gasteiger partial charge in [-0.1, -0.05) is 12.2 Å². The van der Waals surface area contributed by atoms with E-state index in [2.05, 4.69) is 15.9 Å². The SMILES string of the molecule is NC/C=C/c1c(F)cc(O)c(Br)c1F. The molecule has 2 nitrogen and oxygen atoms in total. The summed E-state index contributed by atoms with van der Waals surface area (Å²) in [5.41, 5.74) is 4.93. The smallest absolute Gasteiger partial charge is 0.151 e. The van der Waals surface area contributed by atoms with E-state index in [0.29, 0.717) is 0 Å². The normalized spacial score (nSPS) is 11.1. The molecule has 3 N–H and O–H groups in total. The van der Waals surface area contributed by atoms with Crippen LogP contribution in [0.25, 0.3) is 6.08 Å². The summed E-state index contributed by atoms with van der Waals surface area (Å²) >= 11 is 2.80. The molecule has 1 aromatic rings. The van der Waals surface area contributed by atoms with Gasteiger partial charge in [0.15, 0.2) is 5.82 Å². The van der Waals surface area contributed by atoms with E-state index in [1.165, 1.54) is 12.2 Å². The van der Waals surface area contributed by atoms with Crippen LogP contribution in [0, 0.1) is 11.6 Å². The lowest BCUT2D eigenvalue weighted by molar-refractivity contribution is 0.454. The van der Waals surface area contributed by atoms with Gasteiger partial charge >= 0.3 is 0 Å². The van der Waals surface area contributed by atoms with Crippen molar-refractivity contribution in [2.75, 3.05) is 6.54 Å². The minimum atomic E-state index is -0.841. The number of aromatic hydroxyl groups is 1. The second kappa shape index (κ2) is 4.52. The number of phenols is 1. The molecule has 0 radical (unpaired) electrons. The number of nitrogens with two attached hydrogens (primary N) is 1. The number of hydrogen-bond acceptors (Lipinski definition) is 2. The molecule has 0 aromatic heterocycles. The molecule has 76 valence electrons. The van der Waals surface area contributed by atoms with Crippen molar-refractivity contribution < 1.29 is 13.9 Å². The Morgan fingerprint density at radius 1 is 1.50 bits per heavy atom. The average Bonchev–Trinajstić information content (AvgIpc) is 2.14. The predicted octanol–water partition coefficient (Wildman–Crippen LogP) is 2.40. The second-order valence-electron chi connectivity index (χ2n) is 2.56. The number of benzene rings is 1. The fourth-order valence-corrected chi connectivity index (χ4v) is 1.26. The fraction of sp³-hybridized carbons (Fsp3) is 0.111. The molecule has 0 spiro atoms. The van der Waals surface area contributed by atoms with E-state index in [1.807, 2.05) is 0 Å². The lowest BCUT2D eigenvalue weighted by Crippen LogP contribution is -1.95. The first-order valence-electron chi connectivity index (χ1n) is 3.81. The second-order valence-corrected chi connectivity index (χ2v) is 3.35. The molecular formula is C9H8BrF2NO. The highest BCUT2D eigenvalue weighted by Gasteiger charge is 2.14. The topological polar surface area (TPSA) is 46.2 Å². The molecule has 0 aliphatic rings. The highest BCUT2D eigenvalue weighted by Crippen LogP contribution is 2.31. The lowest BCUT2D eigenvalue weighted by atomic mass is 10.1. The summed E-state index contributed by atoms with van der Waals surface area (Å²) in [4.78, 5) is 0. The molecule has 0 bridgehead atoms. The van der Waals surface area contributed by atoms with Crippen molar-refractivity contribution in [2.45, 2.75) is 0 Å². The van der Waals surface area contributed by atoms with Crippen LogP contribution in [0.4, 0.5) is 8.78 Å². The number of phenolic OH excluding ortho intramolecular Hbond substituents is 1. The van der Waals surface area contributed by atoms with Crippen molar-refractivity contribution in [3.8, 4) is 5.75 Å². The third-order valence-corrected chi connectivity index (χ3v) is 2.35. The number of halogens is 3. The van der Waals surface area contributed by atoms with Gasteiger partial charge in [0.05, 0.1) is 4.47 Å². The van der Waals surface area contributed by atoms with Crippen molar-refractivity contribution in [2.24, 2.45) is 5.73 Å². The van der Waals surface area contributed by atoms with Crippen LogP contribution >= 0.6 is 15.9 Å². The molecule has 0 atom stereocenters. The maximum atomic E-state index is 13.3. The van der Waals surface area contributed by atoms with Gasteiger partial charge in [-0.3, -0.25) is 0 Å². The van der Waals surface area contributed by atoms with Crippen molar-refractivity contribution in [1.29, 1.82) is 0 Å². The molecule has 0 aliphatic heterocycles. The van der Waals surface area contributed by atoms with Crippen LogP contribution in [0.5, 0.6) is 5.75 Å². The van der Waals surface area contributed by atoms with E-state index in [9.17, 15) is 8.78 Å². The lowest BCUT2D eigenvalue weighted by Gasteiger charge is -2.03. The Balaban J connectivity index is 3.29. The van der Waals surface area contributed by atoms with Crippen LogP contribution in [0.15, 0.2) is 16.6 Å². The Morgan fingerprint density at radius 2 is 2.14 bits per heavy atom. The summed E-state index contributed by atoms with van der Waals surface area (Å²) in [6.07, 6.45) is 2.65. The fourth-order valence-electron chi connectivity index (χ4n) is 0.935. The number of rotatable bonds is 2. The Labute approximate surface area is 88.2 Å². The quantitative estimate of drug-likeness (QED) is 0.806. The summed E-state index contributed by atoms with van der Waals surface area (Å²) < 4.78 is 26.3. The number of hydrogen-bond donors (Lipinski definition) is 2. The molecule has 1 aromatic carbocycles. The van der Waals surface area contributed by atoms with E-state index < -0.39 is 17.4 Å². The van der Waals surface area contributed by atoms with Gasteiger partial charge in [0.1, 0.15) is 11.6 Å². The Hall–Kier alpha value is -0.940. The van der Waals surface area contributed by atoms with Crippen molar-refractivity contribution in [1.82, 2.24) is 0 Å². The van der Waals surface area contributed by atoms with Gasteiger partial charge in [-0.15, -0.1) is 0 Å². The monoisotopic (exact) mass is 263 g/mol. The van der Waals surface area contributed by atoms with Crippen LogP contribution in [0.2, 0.25) is 0 Å². The Kier molecular flexibility index (Phi) is 3.60. The van der Waals surface area contributed by atoms with E-state index >= 15 is 0 Å². The third-order valence-electron chi connectivity index (χ3n) is 1.60. The maximum Gasteiger partial charge on any atom is 0.151 e. The van der Waals surface area contributed by atoms with Gasteiger partial charge in [-0.2, -0.15) is 0 Å². The van der Waals surface area contributed by atoms with E-state index in [-0.39, 0.29) is 16.6 Å². The maximum absolute atomic E-state index is 13.3. The molecule has 0 unspecified atom stereocenters. The molecule has 0 heterocycles. The van der Waals surface area contributed by atoms with Crippen molar-refractivity contribution in [3.05, 3.63) is 33.8 Å². The summed E-state index contributed by atoms with van der Waals surface area (Å²) in [5.74, 6) is -2.13. The Morgan fingerprint density at radius 3 is 2.71 bits per heavy atom. The highest BCUT2D eigenvalue weighted by atomic mass is 79.9. The van der Waals surface area contributed by atoms with Gasteiger partial charge in [0, 0.05) is 18.2 Å². The van der Waals surface area contributed by atoms with Crippen LogP contribution in [0.3, 0.4) is 0 Å². The summed E-state index contributed by atoms with van der Waals surface area (Å²) in [6, 6.07) is 0.837. The van der Waals surface area contributed by atoms with Crippen LogP contribution < -0.4 is 5.73 Å². The van der Waals surface area contributed by atoms with Crippen LogP contribution in [-0.2, 0) is 0 Å². The van der Waals surface area contributed by atoms with Crippen molar-refractivity contribution in [3.63, 3.8) is 0 Å². The molecule has 1 rings (SSSR count). The highest BCUT2D eigenvalue weighted by molar-refractivity contribution is 9.10. The summed E-state index contributed by atoms with van der Waals surface area (Å²) in [7, 11) is 0. The van der Waals surface area contributed by atoms with Crippen LogP contribution in [-0.4, -0.2) is 11.7 Å². The van der Waals surface area contributed by atoms with Gasteiger partial charge in [0.2, 0.25) is 0 Å². The predicted molar refractivity (Wildman–Crippen MR) is 53.8 cm³/mol. The summed E-state index contributed by atoms with van der Waals surface area (Å²) in [6.45, 7) is 0.192. The first kappa shape index (κ1) is 11.1. The van der Waals surface area contributed by atoms with E-state index in [1.54, 1.807) is 0 Å². The van der Waals surface area contributed by atoms with Gasteiger partial charge < -0.3 is 10.8 Å². The van der Waals surface area contributed by atoms with Crippen LogP contribution in [0.1, 0.15) is 5.56 Å². The molecule has 0 amide bonds. The minimum absolute atomic E-state index is 0.157. The van der Waals surface area contributed by atoms with Gasteiger partial charge in [0.25, 0.3) is 0 Å². The van der Waals surface area contributed by atoms with E-state index in [0.717, 1.165) is 6.07 Å². The third kappa shape index (κ3) is 2.10. The zero-order valence-electron chi connectivity index (χ0n) is 7.10. The average molecular weight is 264 g/mol. The zero-order valence-corrected chi connectivity index (χ0v) is 8.68. The molecule has 5 heteroatoms. The van der Waals surface area contributed by atoms with E-state index in [4.69, 9.17) is 10.8 Å². The zero-order chi connectivity index (χ0) is 10.7.